The molecule has 2 aromatic rings. The molecule has 178 valence electrons. The van der Waals surface area contributed by atoms with Gasteiger partial charge in [0.05, 0.1) is 28.9 Å². The lowest BCUT2D eigenvalue weighted by atomic mass is 9.96. The molecule has 1 aromatic carbocycles. The van der Waals surface area contributed by atoms with E-state index in [1.165, 1.54) is 44.8 Å². The Bertz CT molecular complexity index is 1150. The fraction of sp³-hybridized carbons (Fsp3) is 0.478. The molecule has 1 atom stereocenters. The summed E-state index contributed by atoms with van der Waals surface area (Å²) >= 11 is 1.39. The minimum Gasteiger partial charge on any atom is -0.365 e. The number of nitrogens with zero attached hydrogens (tertiary/aromatic N) is 1. The maximum Gasteiger partial charge on any atom is 0.256 e. The molecule has 4 rings (SSSR count). The lowest BCUT2D eigenvalue weighted by Crippen LogP contribution is -3.08. The Balaban J connectivity index is 1.52. The predicted octanol–water partition coefficient (Wildman–Crippen LogP) is 1.62. The minimum atomic E-state index is -3.63. The van der Waals surface area contributed by atoms with Gasteiger partial charge in [-0.1, -0.05) is 19.3 Å². The van der Waals surface area contributed by atoms with Crippen molar-refractivity contribution in [2.24, 2.45) is 5.73 Å². The quantitative estimate of drug-likeness (QED) is 0.570. The Morgan fingerprint density at radius 3 is 2.45 bits per heavy atom. The largest absolute Gasteiger partial charge is 0.365 e. The summed E-state index contributed by atoms with van der Waals surface area (Å²) < 4.78 is 27.5. The van der Waals surface area contributed by atoms with Crippen LogP contribution in [-0.2, 0) is 23.0 Å². The van der Waals surface area contributed by atoms with Gasteiger partial charge < -0.3 is 16.0 Å². The lowest BCUT2D eigenvalue weighted by Gasteiger charge is -2.30. The van der Waals surface area contributed by atoms with E-state index in [0.717, 1.165) is 62.1 Å². The first-order valence-corrected chi connectivity index (χ1v) is 13.6. The van der Waals surface area contributed by atoms with Gasteiger partial charge in [0.1, 0.15) is 11.5 Å². The standard InChI is InChI=1S/C23H30N4O4S2/c1-26-13-12-18-19(14-26)32-23(20(18)21(24)28)25-22(29)15-8-10-17(11-9-15)33(30,31)27(2)16-6-4-3-5-7-16/h8-11,16H,3-7,12-14H2,1-2H3,(H2,24,28)(H,25,29)/p+1. The summed E-state index contributed by atoms with van der Waals surface area (Å²) in [5, 5.41) is 3.28. The van der Waals surface area contributed by atoms with Crippen molar-refractivity contribution in [2.45, 2.75) is 56.0 Å². The van der Waals surface area contributed by atoms with Crippen LogP contribution in [-0.4, -0.2) is 51.2 Å². The molecule has 1 unspecified atom stereocenters. The molecule has 1 aliphatic carbocycles. The van der Waals surface area contributed by atoms with Crippen molar-refractivity contribution in [3.8, 4) is 0 Å². The average molecular weight is 492 g/mol. The van der Waals surface area contributed by atoms with Gasteiger partial charge in [-0.25, -0.2) is 8.42 Å². The molecule has 8 nitrogen and oxygen atoms in total. The zero-order chi connectivity index (χ0) is 23.8. The summed E-state index contributed by atoms with van der Waals surface area (Å²) in [6.45, 7) is 1.69. The average Bonchev–Trinajstić information content (AvgIpc) is 3.16. The van der Waals surface area contributed by atoms with Crippen molar-refractivity contribution in [3.63, 3.8) is 0 Å². The maximum absolute atomic E-state index is 13.0. The number of likely N-dealkylation sites (N-methyl/N-ethyl adjacent to an activating group) is 1. The molecule has 4 N–H and O–H groups in total. The first-order chi connectivity index (χ1) is 15.7. The summed E-state index contributed by atoms with van der Waals surface area (Å²) in [5.74, 6) is -0.948. The molecule has 0 bridgehead atoms. The molecule has 2 heterocycles. The molecular formula is C23H31N4O4S2+. The Morgan fingerprint density at radius 2 is 1.82 bits per heavy atom. The zero-order valence-corrected chi connectivity index (χ0v) is 20.7. The van der Waals surface area contributed by atoms with E-state index in [-0.39, 0.29) is 10.9 Å². The van der Waals surface area contributed by atoms with Crippen molar-refractivity contribution in [2.75, 3.05) is 26.0 Å². The second-order valence-electron chi connectivity index (χ2n) is 9.00. The number of sulfonamides is 1. The van der Waals surface area contributed by atoms with E-state index in [9.17, 15) is 18.0 Å². The van der Waals surface area contributed by atoms with Gasteiger partial charge in [0.2, 0.25) is 10.0 Å². The third kappa shape index (κ3) is 4.84. The topological polar surface area (TPSA) is 114 Å². The first-order valence-electron chi connectivity index (χ1n) is 11.3. The van der Waals surface area contributed by atoms with Gasteiger partial charge in [0.25, 0.3) is 11.8 Å². The summed E-state index contributed by atoms with van der Waals surface area (Å²) in [7, 11) is 0.0983. The number of thiophene rings is 1. The fourth-order valence-electron chi connectivity index (χ4n) is 4.73. The molecule has 1 fully saturated rings. The minimum absolute atomic E-state index is 0.0182. The SMILES string of the molecule is CN(C1CCCCC1)S(=O)(=O)c1ccc(C(=O)Nc2sc3c(c2C(N)=O)CC[NH+](C)C3)cc1. The fourth-order valence-corrected chi connectivity index (χ4v) is 7.51. The highest BCUT2D eigenvalue weighted by Crippen LogP contribution is 2.35. The van der Waals surface area contributed by atoms with E-state index in [0.29, 0.717) is 16.1 Å². The Hall–Kier alpha value is -2.27. The van der Waals surface area contributed by atoms with Crippen LogP contribution in [0.1, 0.15) is 63.3 Å². The summed E-state index contributed by atoms with van der Waals surface area (Å²) in [6, 6.07) is 5.97. The smallest absolute Gasteiger partial charge is 0.256 e. The molecule has 1 aromatic heterocycles. The molecule has 1 aliphatic heterocycles. The van der Waals surface area contributed by atoms with E-state index >= 15 is 0 Å². The Kier molecular flexibility index (Phi) is 6.90. The molecule has 0 spiro atoms. The number of quaternary nitrogens is 1. The predicted molar refractivity (Wildman–Crippen MR) is 128 cm³/mol. The Labute approximate surface area is 198 Å². The van der Waals surface area contributed by atoms with Crippen molar-refractivity contribution in [1.29, 1.82) is 0 Å². The molecule has 2 aliphatic rings. The van der Waals surface area contributed by atoms with E-state index in [2.05, 4.69) is 12.4 Å². The third-order valence-electron chi connectivity index (χ3n) is 6.71. The highest BCUT2D eigenvalue weighted by Gasteiger charge is 2.30. The highest BCUT2D eigenvalue weighted by atomic mass is 32.2. The number of rotatable bonds is 6. The van der Waals surface area contributed by atoms with Crippen LogP contribution in [0, 0.1) is 0 Å². The van der Waals surface area contributed by atoms with Crippen LogP contribution < -0.4 is 16.0 Å². The number of amides is 2. The molecule has 0 radical (unpaired) electrons. The van der Waals surface area contributed by atoms with Crippen LogP contribution in [0.15, 0.2) is 29.2 Å². The molecule has 0 saturated heterocycles. The van der Waals surface area contributed by atoms with Gasteiger partial charge in [-0.15, -0.1) is 11.3 Å². The summed E-state index contributed by atoms with van der Waals surface area (Å²) in [4.78, 5) is 27.6. The van der Waals surface area contributed by atoms with Gasteiger partial charge in [-0.2, -0.15) is 4.31 Å². The second kappa shape index (κ2) is 9.54. The summed E-state index contributed by atoms with van der Waals surface area (Å²) in [5.41, 5.74) is 7.27. The number of carbonyl (C=O) groups is 2. The maximum atomic E-state index is 13.0. The van der Waals surface area contributed by atoms with E-state index in [4.69, 9.17) is 5.73 Å². The van der Waals surface area contributed by atoms with Crippen LogP contribution in [0.2, 0.25) is 0 Å². The molecule has 33 heavy (non-hydrogen) atoms. The van der Waals surface area contributed by atoms with Gasteiger partial charge in [0.15, 0.2) is 0 Å². The second-order valence-corrected chi connectivity index (χ2v) is 12.1. The van der Waals surface area contributed by atoms with Gasteiger partial charge in [-0.05, 0) is 42.7 Å². The van der Waals surface area contributed by atoms with E-state index < -0.39 is 21.8 Å². The van der Waals surface area contributed by atoms with Crippen molar-refractivity contribution < 1.29 is 22.9 Å². The number of nitrogens with one attached hydrogen (secondary N) is 2. The number of nitrogens with two attached hydrogens (primary N) is 1. The van der Waals surface area contributed by atoms with Crippen LogP contribution in [0.5, 0.6) is 0 Å². The van der Waals surface area contributed by atoms with Gasteiger partial charge in [-0.3, -0.25) is 9.59 Å². The molecular weight excluding hydrogens is 460 g/mol. The number of hydrogen-bond donors (Lipinski definition) is 3. The first kappa shape index (κ1) is 23.9. The number of hydrogen-bond acceptors (Lipinski definition) is 5. The number of carbonyl (C=O) groups excluding carboxylic acids is 2. The van der Waals surface area contributed by atoms with Crippen molar-refractivity contribution in [3.05, 3.63) is 45.8 Å². The third-order valence-corrected chi connectivity index (χ3v) is 9.78. The number of anilines is 1. The normalized spacial score (nSPS) is 19.3. The molecule has 2 amide bonds. The number of benzene rings is 1. The van der Waals surface area contributed by atoms with Crippen LogP contribution >= 0.6 is 11.3 Å². The molecule has 10 heteroatoms. The van der Waals surface area contributed by atoms with Crippen molar-refractivity contribution in [1.82, 2.24) is 4.31 Å². The lowest BCUT2D eigenvalue weighted by molar-refractivity contribution is -0.895. The zero-order valence-electron chi connectivity index (χ0n) is 19.0. The van der Waals surface area contributed by atoms with E-state index in [1.807, 2.05) is 0 Å². The highest BCUT2D eigenvalue weighted by molar-refractivity contribution is 7.89. The van der Waals surface area contributed by atoms with Crippen molar-refractivity contribution >= 4 is 38.2 Å². The number of primary amides is 1. The number of fused-ring (bicyclic) bond motifs is 1. The van der Waals surface area contributed by atoms with E-state index in [1.54, 1.807) is 7.05 Å². The molecule has 1 saturated carbocycles. The van der Waals surface area contributed by atoms with Gasteiger partial charge in [0, 0.05) is 25.1 Å². The summed E-state index contributed by atoms with van der Waals surface area (Å²) in [6.07, 6.45) is 5.73. The van der Waals surface area contributed by atoms with Crippen LogP contribution in [0.4, 0.5) is 5.00 Å². The van der Waals surface area contributed by atoms with Crippen LogP contribution in [0.3, 0.4) is 0 Å². The Morgan fingerprint density at radius 1 is 1.15 bits per heavy atom. The van der Waals surface area contributed by atoms with Crippen LogP contribution in [0.25, 0.3) is 0 Å². The van der Waals surface area contributed by atoms with Gasteiger partial charge >= 0.3 is 0 Å². The monoisotopic (exact) mass is 491 g/mol.